The molecule has 0 aliphatic carbocycles. The van der Waals surface area contributed by atoms with E-state index in [1.165, 1.54) is 6.07 Å². The Balaban J connectivity index is 2.62. The summed E-state index contributed by atoms with van der Waals surface area (Å²) in [6.45, 7) is 5.18. The molecule has 0 spiro atoms. The number of benzene rings is 1. The molecule has 108 valence electrons. The minimum absolute atomic E-state index is 0.0180. The number of halogens is 2. The van der Waals surface area contributed by atoms with E-state index in [1.807, 2.05) is 13.8 Å². The first-order valence-corrected chi connectivity index (χ1v) is 6.84. The third kappa shape index (κ3) is 4.29. The van der Waals surface area contributed by atoms with E-state index in [-0.39, 0.29) is 18.4 Å². The number of nitrogens with one attached hydrogen (secondary N) is 1. The molecule has 1 unspecified atom stereocenters. The number of hydrogen-bond donors (Lipinski definition) is 1. The number of hydrogen-bond acceptors (Lipinski definition) is 3. The summed E-state index contributed by atoms with van der Waals surface area (Å²) in [5.41, 5.74) is -0.926. The van der Waals surface area contributed by atoms with Gasteiger partial charge in [-0.3, -0.25) is 4.79 Å². The molecule has 6 heteroatoms. The van der Waals surface area contributed by atoms with Crippen molar-refractivity contribution >= 4 is 29.1 Å². The number of carbonyl (C=O) groups is 1. The van der Waals surface area contributed by atoms with Crippen molar-refractivity contribution in [2.24, 2.45) is 5.92 Å². The maximum absolute atomic E-state index is 11.8. The lowest BCUT2D eigenvalue weighted by Crippen LogP contribution is -2.50. The normalized spacial score (nSPS) is 13.4. The largest absolute Gasteiger partial charge is 0.482 e. The second-order valence-electron chi connectivity index (χ2n) is 4.88. The van der Waals surface area contributed by atoms with Crippen LogP contribution in [0.3, 0.4) is 0 Å². The monoisotopic (exact) mass is 314 g/mol. The molecule has 1 amide bonds. The van der Waals surface area contributed by atoms with E-state index in [9.17, 15) is 4.79 Å². The summed E-state index contributed by atoms with van der Waals surface area (Å²) in [5.74, 6) is -0.0289. The van der Waals surface area contributed by atoms with E-state index >= 15 is 0 Å². The lowest BCUT2D eigenvalue weighted by molar-refractivity contribution is -0.124. The van der Waals surface area contributed by atoms with Crippen molar-refractivity contribution in [2.75, 3.05) is 6.61 Å². The zero-order valence-corrected chi connectivity index (χ0v) is 13.0. The Morgan fingerprint density at radius 2 is 2.15 bits per heavy atom. The summed E-state index contributed by atoms with van der Waals surface area (Å²) in [4.78, 5) is 11.8. The van der Waals surface area contributed by atoms with Crippen LogP contribution in [-0.4, -0.2) is 18.1 Å². The zero-order chi connectivity index (χ0) is 15.3. The lowest BCUT2D eigenvalue weighted by Gasteiger charge is -2.27. The zero-order valence-electron chi connectivity index (χ0n) is 11.5. The molecule has 0 aliphatic heterocycles. The summed E-state index contributed by atoms with van der Waals surface area (Å²) >= 11 is 11.7. The molecule has 1 aromatic carbocycles. The molecule has 0 aromatic heterocycles. The molecule has 0 heterocycles. The second kappa shape index (κ2) is 6.83. The van der Waals surface area contributed by atoms with Crippen molar-refractivity contribution < 1.29 is 9.53 Å². The van der Waals surface area contributed by atoms with E-state index in [1.54, 1.807) is 19.1 Å². The molecule has 4 nitrogen and oxygen atoms in total. The highest BCUT2D eigenvalue weighted by atomic mass is 35.5. The van der Waals surface area contributed by atoms with Crippen molar-refractivity contribution in [3.63, 3.8) is 0 Å². The fourth-order valence-corrected chi connectivity index (χ4v) is 1.83. The smallest absolute Gasteiger partial charge is 0.259 e. The summed E-state index contributed by atoms with van der Waals surface area (Å²) in [6.07, 6.45) is 0. The number of nitrogens with zero attached hydrogens (tertiary/aromatic N) is 1. The Morgan fingerprint density at radius 1 is 1.50 bits per heavy atom. The third-order valence-corrected chi connectivity index (χ3v) is 3.57. The molecule has 0 aliphatic rings. The maximum atomic E-state index is 11.8. The Morgan fingerprint density at radius 3 is 2.65 bits per heavy atom. The number of amides is 1. The van der Waals surface area contributed by atoms with E-state index in [4.69, 9.17) is 33.2 Å². The predicted octanol–water partition coefficient (Wildman–Crippen LogP) is 3.43. The van der Waals surface area contributed by atoms with Crippen molar-refractivity contribution in [1.82, 2.24) is 5.32 Å². The second-order valence-corrected chi connectivity index (χ2v) is 5.72. The van der Waals surface area contributed by atoms with Gasteiger partial charge in [0, 0.05) is 5.02 Å². The average Bonchev–Trinajstić information content (AvgIpc) is 2.37. The molecular formula is C14H16Cl2N2O2. The van der Waals surface area contributed by atoms with Crippen molar-refractivity contribution in [2.45, 2.75) is 26.3 Å². The van der Waals surface area contributed by atoms with Crippen LogP contribution in [0.1, 0.15) is 20.8 Å². The Bertz CT molecular complexity index is 540. The van der Waals surface area contributed by atoms with Crippen molar-refractivity contribution in [1.29, 1.82) is 5.26 Å². The van der Waals surface area contributed by atoms with Crippen LogP contribution in [0.25, 0.3) is 0 Å². The fraction of sp³-hybridized carbons (Fsp3) is 0.429. The molecule has 0 radical (unpaired) electrons. The van der Waals surface area contributed by atoms with E-state index in [0.29, 0.717) is 15.8 Å². The first kappa shape index (κ1) is 16.6. The predicted molar refractivity (Wildman–Crippen MR) is 79.0 cm³/mol. The molecule has 0 saturated heterocycles. The lowest BCUT2D eigenvalue weighted by atomic mass is 9.90. The maximum Gasteiger partial charge on any atom is 0.259 e. The Hall–Kier alpha value is -1.44. The van der Waals surface area contributed by atoms with Crippen LogP contribution in [0.5, 0.6) is 5.75 Å². The highest BCUT2D eigenvalue weighted by Gasteiger charge is 2.30. The summed E-state index contributed by atoms with van der Waals surface area (Å²) in [7, 11) is 0. The van der Waals surface area contributed by atoms with Crippen LogP contribution >= 0.6 is 23.2 Å². The molecule has 1 aromatic rings. The number of rotatable bonds is 5. The van der Waals surface area contributed by atoms with Gasteiger partial charge in [0.05, 0.1) is 11.1 Å². The van der Waals surface area contributed by atoms with Gasteiger partial charge in [-0.05, 0) is 31.0 Å². The molecule has 0 fully saturated rings. The van der Waals surface area contributed by atoms with Gasteiger partial charge in [0.2, 0.25) is 0 Å². The summed E-state index contributed by atoms with van der Waals surface area (Å²) in [5, 5.41) is 12.6. The summed E-state index contributed by atoms with van der Waals surface area (Å²) in [6, 6.07) is 6.83. The van der Waals surface area contributed by atoms with Gasteiger partial charge in [-0.2, -0.15) is 5.26 Å². The topological polar surface area (TPSA) is 62.1 Å². The van der Waals surface area contributed by atoms with Gasteiger partial charge in [-0.25, -0.2) is 0 Å². The first-order valence-electron chi connectivity index (χ1n) is 6.08. The molecular weight excluding hydrogens is 299 g/mol. The van der Waals surface area contributed by atoms with Crippen molar-refractivity contribution in [3.05, 3.63) is 28.2 Å². The molecule has 1 N–H and O–H groups in total. The molecule has 1 atom stereocenters. The molecule has 0 saturated carbocycles. The van der Waals surface area contributed by atoms with Crippen LogP contribution < -0.4 is 10.1 Å². The molecule has 0 bridgehead atoms. The van der Waals surface area contributed by atoms with Gasteiger partial charge in [0.1, 0.15) is 11.3 Å². The van der Waals surface area contributed by atoms with Gasteiger partial charge < -0.3 is 10.1 Å². The van der Waals surface area contributed by atoms with Gasteiger partial charge in [-0.15, -0.1) is 0 Å². The SMILES string of the molecule is CC(C)C(C)(C#N)NC(=O)COc1ccc(Cl)cc1Cl. The van der Waals surface area contributed by atoms with Gasteiger partial charge in [-0.1, -0.05) is 37.0 Å². The van der Waals surface area contributed by atoms with Crippen LogP contribution in [0.2, 0.25) is 10.0 Å². The van der Waals surface area contributed by atoms with Crippen LogP contribution in [0.4, 0.5) is 0 Å². The average molecular weight is 315 g/mol. The van der Waals surface area contributed by atoms with Crippen LogP contribution in [-0.2, 0) is 4.79 Å². The highest BCUT2D eigenvalue weighted by Crippen LogP contribution is 2.27. The van der Waals surface area contributed by atoms with Crippen molar-refractivity contribution in [3.8, 4) is 11.8 Å². The van der Waals surface area contributed by atoms with E-state index in [0.717, 1.165) is 0 Å². The number of ether oxygens (including phenoxy) is 1. The molecule has 1 rings (SSSR count). The van der Waals surface area contributed by atoms with Crippen LogP contribution in [0, 0.1) is 17.2 Å². The van der Waals surface area contributed by atoms with Gasteiger partial charge in [0.15, 0.2) is 6.61 Å². The van der Waals surface area contributed by atoms with E-state index in [2.05, 4.69) is 11.4 Å². The minimum Gasteiger partial charge on any atom is -0.482 e. The quantitative estimate of drug-likeness (QED) is 0.905. The van der Waals surface area contributed by atoms with Crippen LogP contribution in [0.15, 0.2) is 18.2 Å². The first-order chi connectivity index (χ1) is 9.28. The van der Waals surface area contributed by atoms with Gasteiger partial charge >= 0.3 is 0 Å². The fourth-order valence-electron chi connectivity index (χ4n) is 1.36. The van der Waals surface area contributed by atoms with E-state index < -0.39 is 5.54 Å². The number of nitriles is 1. The Kier molecular flexibility index (Phi) is 5.67. The highest BCUT2D eigenvalue weighted by molar-refractivity contribution is 6.35. The van der Waals surface area contributed by atoms with Gasteiger partial charge in [0.25, 0.3) is 5.91 Å². The third-order valence-electron chi connectivity index (χ3n) is 3.04. The summed E-state index contributed by atoms with van der Waals surface area (Å²) < 4.78 is 5.31. The molecule has 20 heavy (non-hydrogen) atoms. The number of carbonyl (C=O) groups excluding carboxylic acids is 1. The standard InChI is InChI=1S/C14H16Cl2N2O2/c1-9(2)14(3,8-17)18-13(19)7-20-12-5-4-10(15)6-11(12)16/h4-6,9H,7H2,1-3H3,(H,18,19). The Labute approximate surface area is 128 Å². The minimum atomic E-state index is -0.926.